The third-order valence-electron chi connectivity index (χ3n) is 6.54. The van der Waals surface area contributed by atoms with Crippen LogP contribution in [0.3, 0.4) is 0 Å². The molecule has 3 aromatic carbocycles. The van der Waals surface area contributed by atoms with Gasteiger partial charge in [0.05, 0.1) is 24.7 Å². The number of fused-ring (bicyclic) bond motifs is 1. The van der Waals surface area contributed by atoms with Crippen molar-refractivity contribution in [3.8, 4) is 11.5 Å². The summed E-state index contributed by atoms with van der Waals surface area (Å²) >= 11 is 0. The fourth-order valence-corrected chi connectivity index (χ4v) is 4.37. The molecule has 0 radical (unpaired) electrons. The Morgan fingerprint density at radius 2 is 1.67 bits per heavy atom. The molecule has 0 aliphatic carbocycles. The Morgan fingerprint density at radius 3 is 2.36 bits per heavy atom. The third-order valence-corrected chi connectivity index (χ3v) is 6.54. The largest absolute Gasteiger partial charge is 0.493 e. The van der Waals surface area contributed by atoms with Gasteiger partial charge in [-0.25, -0.2) is 4.98 Å². The van der Waals surface area contributed by atoms with Crippen molar-refractivity contribution in [1.82, 2.24) is 9.55 Å². The lowest BCUT2D eigenvalue weighted by atomic mass is 9.94. The van der Waals surface area contributed by atoms with Crippen molar-refractivity contribution in [2.75, 3.05) is 7.11 Å². The zero-order chi connectivity index (χ0) is 23.5. The SMILES string of the molecule is C=CCc1ccc(OCc2nc3ccccc3n2Cc2c(C)c(C)cc(C)c2C)c(OC)c1. The highest BCUT2D eigenvalue weighted by Crippen LogP contribution is 2.30. The molecule has 33 heavy (non-hydrogen) atoms. The monoisotopic (exact) mass is 440 g/mol. The van der Waals surface area contributed by atoms with E-state index in [1.165, 1.54) is 27.8 Å². The molecule has 0 N–H and O–H groups in total. The predicted molar refractivity (Wildman–Crippen MR) is 135 cm³/mol. The van der Waals surface area contributed by atoms with E-state index in [0.717, 1.165) is 41.1 Å². The minimum Gasteiger partial charge on any atom is -0.493 e. The van der Waals surface area contributed by atoms with Gasteiger partial charge in [-0.05, 0) is 91.8 Å². The summed E-state index contributed by atoms with van der Waals surface area (Å²) in [6, 6.07) is 16.6. The highest BCUT2D eigenvalue weighted by molar-refractivity contribution is 5.76. The Morgan fingerprint density at radius 1 is 0.939 bits per heavy atom. The summed E-state index contributed by atoms with van der Waals surface area (Å²) in [5, 5.41) is 0. The van der Waals surface area contributed by atoms with Gasteiger partial charge in [-0.3, -0.25) is 0 Å². The van der Waals surface area contributed by atoms with Crippen LogP contribution in [0.5, 0.6) is 11.5 Å². The Bertz CT molecular complexity index is 1290. The normalized spacial score (nSPS) is 11.1. The minimum absolute atomic E-state index is 0.356. The van der Waals surface area contributed by atoms with Crippen molar-refractivity contribution >= 4 is 11.0 Å². The van der Waals surface area contributed by atoms with Crippen molar-refractivity contribution in [3.63, 3.8) is 0 Å². The molecule has 1 aromatic heterocycles. The summed E-state index contributed by atoms with van der Waals surface area (Å²) in [5.74, 6) is 2.33. The number of allylic oxidation sites excluding steroid dienone is 1. The summed E-state index contributed by atoms with van der Waals surface area (Å²) < 4.78 is 14.1. The molecule has 0 saturated heterocycles. The first-order valence-electron chi connectivity index (χ1n) is 11.3. The van der Waals surface area contributed by atoms with E-state index >= 15 is 0 Å². The van der Waals surface area contributed by atoms with Crippen LogP contribution in [0.4, 0.5) is 0 Å². The molecule has 1 heterocycles. The summed E-state index contributed by atoms with van der Waals surface area (Å²) in [6.07, 6.45) is 2.68. The molecule has 4 aromatic rings. The van der Waals surface area contributed by atoms with E-state index in [-0.39, 0.29) is 0 Å². The Balaban J connectivity index is 1.71. The van der Waals surface area contributed by atoms with Crippen LogP contribution in [0.2, 0.25) is 0 Å². The number of hydrogen-bond donors (Lipinski definition) is 0. The second-order valence-electron chi connectivity index (χ2n) is 8.61. The fraction of sp³-hybridized carbons (Fsp3) is 0.276. The average molecular weight is 441 g/mol. The summed E-state index contributed by atoms with van der Waals surface area (Å²) in [7, 11) is 1.67. The second kappa shape index (κ2) is 9.53. The number of methoxy groups -OCH3 is 1. The molecule has 0 atom stereocenters. The molecular formula is C29H32N2O2. The van der Waals surface area contributed by atoms with E-state index in [1.807, 2.05) is 30.3 Å². The van der Waals surface area contributed by atoms with Gasteiger partial charge in [-0.15, -0.1) is 6.58 Å². The van der Waals surface area contributed by atoms with Crippen LogP contribution in [0, 0.1) is 27.7 Å². The summed E-state index contributed by atoms with van der Waals surface area (Å²) in [4.78, 5) is 4.91. The van der Waals surface area contributed by atoms with Crippen LogP contribution >= 0.6 is 0 Å². The lowest BCUT2D eigenvalue weighted by molar-refractivity contribution is 0.272. The van der Waals surface area contributed by atoms with Crippen LogP contribution in [0.1, 0.15) is 39.2 Å². The van der Waals surface area contributed by atoms with Gasteiger partial charge in [0.25, 0.3) is 0 Å². The molecule has 0 fully saturated rings. The molecule has 0 aliphatic rings. The second-order valence-corrected chi connectivity index (χ2v) is 8.61. The Hall–Kier alpha value is -3.53. The molecule has 0 spiro atoms. The fourth-order valence-electron chi connectivity index (χ4n) is 4.37. The van der Waals surface area contributed by atoms with Crippen molar-refractivity contribution in [2.24, 2.45) is 0 Å². The number of ether oxygens (including phenoxy) is 2. The number of imidazole rings is 1. The Kier molecular flexibility index (Phi) is 6.55. The maximum atomic E-state index is 6.23. The molecule has 4 rings (SSSR count). The summed E-state index contributed by atoms with van der Waals surface area (Å²) in [5.41, 5.74) is 9.89. The van der Waals surface area contributed by atoms with E-state index in [2.05, 4.69) is 63.1 Å². The van der Waals surface area contributed by atoms with Gasteiger partial charge in [0.15, 0.2) is 11.5 Å². The Labute approximate surface area is 196 Å². The minimum atomic E-state index is 0.356. The molecule has 0 aliphatic heterocycles. The van der Waals surface area contributed by atoms with Crippen molar-refractivity contribution in [2.45, 2.75) is 47.3 Å². The van der Waals surface area contributed by atoms with Gasteiger partial charge in [-0.2, -0.15) is 0 Å². The first-order chi connectivity index (χ1) is 15.9. The van der Waals surface area contributed by atoms with Crippen molar-refractivity contribution < 1.29 is 9.47 Å². The van der Waals surface area contributed by atoms with Crippen molar-refractivity contribution in [3.05, 3.63) is 100 Å². The molecule has 0 bridgehead atoms. The lowest BCUT2D eigenvalue weighted by Gasteiger charge is -2.18. The van der Waals surface area contributed by atoms with Crippen LogP contribution < -0.4 is 9.47 Å². The van der Waals surface area contributed by atoms with Gasteiger partial charge < -0.3 is 14.0 Å². The van der Waals surface area contributed by atoms with Crippen LogP contribution in [0.15, 0.2) is 61.2 Å². The third kappa shape index (κ3) is 4.51. The topological polar surface area (TPSA) is 36.3 Å². The number of aromatic nitrogens is 2. The molecule has 170 valence electrons. The highest BCUT2D eigenvalue weighted by Gasteiger charge is 2.16. The highest BCUT2D eigenvalue weighted by atomic mass is 16.5. The molecule has 0 saturated carbocycles. The number of aryl methyl sites for hydroxylation is 2. The first kappa shape index (κ1) is 22.7. The van der Waals surface area contributed by atoms with Gasteiger partial charge >= 0.3 is 0 Å². The van der Waals surface area contributed by atoms with Gasteiger partial charge in [0.1, 0.15) is 12.4 Å². The molecule has 4 heteroatoms. The van der Waals surface area contributed by atoms with Gasteiger partial charge in [-0.1, -0.05) is 30.3 Å². The van der Waals surface area contributed by atoms with E-state index < -0.39 is 0 Å². The van der Waals surface area contributed by atoms with Crippen LogP contribution in [-0.2, 0) is 19.6 Å². The molecule has 0 unspecified atom stereocenters. The van der Waals surface area contributed by atoms with Gasteiger partial charge in [0, 0.05) is 0 Å². The quantitative estimate of drug-likeness (QED) is 0.288. The lowest BCUT2D eigenvalue weighted by Crippen LogP contribution is -2.11. The standard InChI is InChI=1S/C29H32N2O2/c1-7-10-23-13-14-27(28(16-23)32-6)33-18-29-30-25-11-8-9-12-26(25)31(29)17-24-21(4)19(2)15-20(3)22(24)5/h7-9,11-16H,1,10,17-18H2,2-6H3. The van der Waals surface area contributed by atoms with E-state index in [1.54, 1.807) is 7.11 Å². The maximum absolute atomic E-state index is 6.23. The van der Waals surface area contributed by atoms with Gasteiger partial charge in [0.2, 0.25) is 0 Å². The van der Waals surface area contributed by atoms with Crippen LogP contribution in [-0.4, -0.2) is 16.7 Å². The zero-order valence-electron chi connectivity index (χ0n) is 20.2. The zero-order valence-corrected chi connectivity index (χ0v) is 20.2. The van der Waals surface area contributed by atoms with E-state index in [4.69, 9.17) is 14.5 Å². The first-order valence-corrected chi connectivity index (χ1v) is 11.3. The number of para-hydroxylation sites is 2. The number of nitrogens with zero attached hydrogens (tertiary/aromatic N) is 2. The maximum Gasteiger partial charge on any atom is 0.161 e. The van der Waals surface area contributed by atoms with Crippen LogP contribution in [0.25, 0.3) is 11.0 Å². The van der Waals surface area contributed by atoms with E-state index in [0.29, 0.717) is 12.4 Å². The van der Waals surface area contributed by atoms with Crippen molar-refractivity contribution in [1.29, 1.82) is 0 Å². The molecular weight excluding hydrogens is 408 g/mol. The number of benzene rings is 3. The summed E-state index contributed by atoms with van der Waals surface area (Å²) in [6.45, 7) is 13.7. The van der Waals surface area contributed by atoms with E-state index in [9.17, 15) is 0 Å². The molecule has 0 amide bonds. The number of rotatable bonds is 8. The number of hydrogen-bond acceptors (Lipinski definition) is 3. The molecule has 4 nitrogen and oxygen atoms in total. The predicted octanol–water partition coefficient (Wildman–Crippen LogP) is 6.63. The smallest absolute Gasteiger partial charge is 0.161 e. The average Bonchev–Trinajstić information content (AvgIpc) is 3.17.